The molecule has 1 fully saturated rings. The number of imide groups is 1. The largest absolute Gasteiger partial charge is 0.497 e. The van der Waals surface area contributed by atoms with Gasteiger partial charge in [0.25, 0.3) is 11.8 Å². The van der Waals surface area contributed by atoms with E-state index in [-0.39, 0.29) is 36.7 Å². The fourth-order valence-electron chi connectivity index (χ4n) is 3.99. The highest BCUT2D eigenvalue weighted by Gasteiger charge is 2.39. The van der Waals surface area contributed by atoms with E-state index in [9.17, 15) is 19.2 Å². The van der Waals surface area contributed by atoms with Crippen molar-refractivity contribution in [1.82, 2.24) is 15.5 Å². The minimum atomic E-state index is -0.678. The van der Waals surface area contributed by atoms with Crippen LogP contribution in [0, 0.1) is 0 Å². The van der Waals surface area contributed by atoms with Crippen LogP contribution in [-0.4, -0.2) is 41.7 Å². The fraction of sp³-hybridized carbons (Fsp3) is 0.304. The van der Waals surface area contributed by atoms with Crippen LogP contribution >= 0.6 is 0 Å². The number of benzene rings is 2. The standard InChI is InChI=1S/C23H23N3O5/c1-13(14-4-3-5-17(11-14)31-2)24-21(28)15-6-7-18-16(10-15)12-26(23(18)30)19-8-9-20(27)25-22(19)29/h3-7,10-11,13,19H,8-9,12H2,1-2H3,(H,24,28)(H,25,27,29). The predicted molar refractivity (Wildman–Crippen MR) is 111 cm³/mol. The molecular formula is C23H23N3O5. The van der Waals surface area contributed by atoms with Crippen LogP contribution in [0.3, 0.4) is 0 Å². The van der Waals surface area contributed by atoms with E-state index >= 15 is 0 Å². The van der Waals surface area contributed by atoms with Gasteiger partial charge in [-0.05, 0) is 54.8 Å². The summed E-state index contributed by atoms with van der Waals surface area (Å²) in [7, 11) is 1.59. The number of methoxy groups -OCH3 is 1. The van der Waals surface area contributed by atoms with Crippen molar-refractivity contribution in [3.05, 3.63) is 64.7 Å². The van der Waals surface area contributed by atoms with Gasteiger partial charge in [0.1, 0.15) is 11.8 Å². The van der Waals surface area contributed by atoms with Crippen LogP contribution in [0.2, 0.25) is 0 Å². The van der Waals surface area contributed by atoms with E-state index in [2.05, 4.69) is 10.6 Å². The van der Waals surface area contributed by atoms with Gasteiger partial charge in [-0.25, -0.2) is 0 Å². The Kier molecular flexibility index (Phi) is 5.46. The zero-order valence-electron chi connectivity index (χ0n) is 17.3. The van der Waals surface area contributed by atoms with Crippen molar-refractivity contribution in [2.45, 2.75) is 38.4 Å². The van der Waals surface area contributed by atoms with Crippen molar-refractivity contribution in [1.29, 1.82) is 0 Å². The number of amides is 4. The molecule has 2 aromatic rings. The lowest BCUT2D eigenvalue weighted by molar-refractivity contribution is -0.136. The maximum absolute atomic E-state index is 12.8. The molecule has 31 heavy (non-hydrogen) atoms. The average Bonchev–Trinajstić information content (AvgIpc) is 3.09. The Morgan fingerprint density at radius 3 is 2.74 bits per heavy atom. The molecule has 4 rings (SSSR count). The van der Waals surface area contributed by atoms with E-state index in [1.807, 2.05) is 31.2 Å². The molecule has 0 aliphatic carbocycles. The van der Waals surface area contributed by atoms with Crippen molar-refractivity contribution in [3.8, 4) is 5.75 Å². The number of ether oxygens (including phenoxy) is 1. The summed E-state index contributed by atoms with van der Waals surface area (Å²) in [5, 5.41) is 5.24. The van der Waals surface area contributed by atoms with E-state index in [0.717, 1.165) is 5.56 Å². The second kappa shape index (κ2) is 8.22. The number of fused-ring (bicyclic) bond motifs is 1. The van der Waals surface area contributed by atoms with Crippen molar-refractivity contribution < 1.29 is 23.9 Å². The number of rotatable bonds is 5. The lowest BCUT2D eigenvalue weighted by Crippen LogP contribution is -2.52. The van der Waals surface area contributed by atoms with Gasteiger partial charge >= 0.3 is 0 Å². The number of hydrogen-bond donors (Lipinski definition) is 2. The van der Waals surface area contributed by atoms with Crippen LogP contribution in [0.5, 0.6) is 5.75 Å². The quantitative estimate of drug-likeness (QED) is 0.718. The zero-order valence-corrected chi connectivity index (χ0v) is 17.3. The van der Waals surface area contributed by atoms with Gasteiger partial charge in [0.05, 0.1) is 13.2 Å². The summed E-state index contributed by atoms with van der Waals surface area (Å²) >= 11 is 0. The zero-order chi connectivity index (χ0) is 22.1. The molecule has 0 saturated carbocycles. The molecule has 8 heteroatoms. The molecule has 0 spiro atoms. The molecule has 1 saturated heterocycles. The van der Waals surface area contributed by atoms with Crippen molar-refractivity contribution >= 4 is 23.6 Å². The van der Waals surface area contributed by atoms with Gasteiger partial charge < -0.3 is 15.0 Å². The van der Waals surface area contributed by atoms with Crippen molar-refractivity contribution in [3.63, 3.8) is 0 Å². The van der Waals surface area contributed by atoms with Gasteiger partial charge in [-0.15, -0.1) is 0 Å². The minimum Gasteiger partial charge on any atom is -0.497 e. The van der Waals surface area contributed by atoms with Gasteiger partial charge in [0.15, 0.2) is 0 Å². The highest BCUT2D eigenvalue weighted by atomic mass is 16.5. The number of hydrogen-bond acceptors (Lipinski definition) is 5. The first-order valence-corrected chi connectivity index (χ1v) is 10.1. The van der Waals surface area contributed by atoms with E-state index in [4.69, 9.17) is 4.74 Å². The summed E-state index contributed by atoms with van der Waals surface area (Å²) in [4.78, 5) is 50.6. The first kappa shape index (κ1) is 20.6. The Morgan fingerprint density at radius 2 is 2.00 bits per heavy atom. The van der Waals surface area contributed by atoms with Gasteiger partial charge in [0, 0.05) is 24.1 Å². The molecule has 4 amide bonds. The molecule has 2 aromatic carbocycles. The first-order valence-electron chi connectivity index (χ1n) is 10.1. The predicted octanol–water partition coefficient (Wildman–Crippen LogP) is 1.95. The third-order valence-electron chi connectivity index (χ3n) is 5.73. The molecular weight excluding hydrogens is 398 g/mol. The summed E-state index contributed by atoms with van der Waals surface area (Å²) in [6.45, 7) is 2.11. The fourth-order valence-corrected chi connectivity index (χ4v) is 3.99. The van der Waals surface area contributed by atoms with Crippen LogP contribution in [0.4, 0.5) is 0 Å². The van der Waals surface area contributed by atoms with Gasteiger partial charge in [-0.2, -0.15) is 0 Å². The van der Waals surface area contributed by atoms with Crippen molar-refractivity contribution in [2.75, 3.05) is 7.11 Å². The molecule has 2 N–H and O–H groups in total. The summed E-state index contributed by atoms with van der Waals surface area (Å²) < 4.78 is 5.23. The number of carbonyl (C=O) groups is 4. The maximum Gasteiger partial charge on any atom is 0.255 e. The van der Waals surface area contributed by atoms with Gasteiger partial charge in [0.2, 0.25) is 11.8 Å². The Labute approximate surface area is 179 Å². The lowest BCUT2D eigenvalue weighted by Gasteiger charge is -2.29. The molecule has 0 radical (unpaired) electrons. The molecule has 0 aromatic heterocycles. The maximum atomic E-state index is 12.8. The molecule has 8 nitrogen and oxygen atoms in total. The SMILES string of the molecule is COc1cccc(C(C)NC(=O)c2ccc3c(c2)CN(C2CCC(=O)NC2=O)C3=O)c1. The molecule has 2 aliphatic heterocycles. The summed E-state index contributed by atoms with van der Waals surface area (Å²) in [6, 6.07) is 11.5. The lowest BCUT2D eigenvalue weighted by atomic mass is 10.0. The highest BCUT2D eigenvalue weighted by Crippen LogP contribution is 2.28. The molecule has 160 valence electrons. The monoisotopic (exact) mass is 421 g/mol. The van der Waals surface area contributed by atoms with E-state index in [0.29, 0.717) is 28.9 Å². The van der Waals surface area contributed by atoms with Gasteiger partial charge in [-0.3, -0.25) is 24.5 Å². The Balaban J connectivity index is 1.48. The normalized spacial score (nSPS) is 19.0. The van der Waals surface area contributed by atoms with Crippen LogP contribution in [0.15, 0.2) is 42.5 Å². The molecule has 2 aliphatic rings. The second-order valence-corrected chi connectivity index (χ2v) is 7.74. The van der Waals surface area contributed by atoms with Crippen LogP contribution in [-0.2, 0) is 16.1 Å². The Morgan fingerprint density at radius 1 is 1.19 bits per heavy atom. The topological polar surface area (TPSA) is 105 Å². The molecule has 0 bridgehead atoms. The van der Waals surface area contributed by atoms with E-state index < -0.39 is 11.9 Å². The number of nitrogens with one attached hydrogen (secondary N) is 2. The van der Waals surface area contributed by atoms with Crippen LogP contribution < -0.4 is 15.4 Å². The number of piperidine rings is 1. The highest BCUT2D eigenvalue weighted by molar-refractivity contribution is 6.06. The third kappa shape index (κ3) is 4.01. The minimum absolute atomic E-state index is 0.201. The number of carbonyl (C=O) groups excluding carboxylic acids is 4. The Hall–Kier alpha value is -3.68. The smallest absolute Gasteiger partial charge is 0.255 e. The van der Waals surface area contributed by atoms with E-state index in [1.54, 1.807) is 25.3 Å². The van der Waals surface area contributed by atoms with Crippen LogP contribution in [0.1, 0.15) is 57.7 Å². The average molecular weight is 421 g/mol. The summed E-state index contributed by atoms with van der Waals surface area (Å²) in [6.07, 6.45) is 0.502. The summed E-state index contributed by atoms with van der Waals surface area (Å²) in [5.74, 6) is -0.591. The van der Waals surface area contributed by atoms with Gasteiger partial charge in [-0.1, -0.05) is 12.1 Å². The first-order chi connectivity index (χ1) is 14.9. The summed E-state index contributed by atoms with van der Waals surface area (Å²) in [5.41, 5.74) is 2.51. The van der Waals surface area contributed by atoms with Crippen LogP contribution in [0.25, 0.3) is 0 Å². The van der Waals surface area contributed by atoms with Crippen molar-refractivity contribution in [2.24, 2.45) is 0 Å². The molecule has 2 unspecified atom stereocenters. The molecule has 2 heterocycles. The molecule has 2 atom stereocenters. The van der Waals surface area contributed by atoms with E-state index in [1.165, 1.54) is 4.90 Å². The number of nitrogens with zero attached hydrogens (tertiary/aromatic N) is 1. The third-order valence-corrected chi connectivity index (χ3v) is 5.73. The second-order valence-electron chi connectivity index (χ2n) is 7.74. The Bertz CT molecular complexity index is 1080.